The molecule has 0 aromatic heterocycles. The lowest BCUT2D eigenvalue weighted by molar-refractivity contribution is -0.133. The highest BCUT2D eigenvalue weighted by Gasteiger charge is 2.60. The molecule has 0 aromatic rings. The third-order valence-corrected chi connectivity index (χ3v) is 6.95. The normalized spacial score (nSPS) is 34.6. The number of fused-ring (bicyclic) bond motifs is 1. The van der Waals surface area contributed by atoms with E-state index in [-0.39, 0.29) is 5.54 Å². The van der Waals surface area contributed by atoms with Gasteiger partial charge in [-0.1, -0.05) is 12.8 Å². The van der Waals surface area contributed by atoms with Gasteiger partial charge < -0.3 is 14.5 Å². The molecular weight excluding hydrogens is 314 g/mol. The number of hydrogen-bond acceptors (Lipinski definition) is 4. The highest BCUT2D eigenvalue weighted by atomic mass is 16.5. The van der Waals surface area contributed by atoms with Gasteiger partial charge in [0.1, 0.15) is 0 Å². The fourth-order valence-corrected chi connectivity index (χ4v) is 5.43. The minimum Gasteiger partial charge on any atom is -0.379 e. The van der Waals surface area contributed by atoms with Gasteiger partial charge in [0.15, 0.2) is 0 Å². The van der Waals surface area contributed by atoms with Crippen molar-refractivity contribution in [3.05, 3.63) is 0 Å². The molecule has 1 aliphatic carbocycles. The summed E-state index contributed by atoms with van der Waals surface area (Å²) in [6.07, 6.45) is 5.00. The summed E-state index contributed by atoms with van der Waals surface area (Å²) in [7, 11) is 0. The number of carbonyl (C=O) groups excluding carboxylic acids is 1. The van der Waals surface area contributed by atoms with Gasteiger partial charge in [0.05, 0.1) is 13.2 Å². The Morgan fingerprint density at radius 3 is 2.16 bits per heavy atom. The van der Waals surface area contributed by atoms with Crippen LogP contribution in [0.15, 0.2) is 0 Å². The van der Waals surface area contributed by atoms with E-state index >= 15 is 0 Å². The van der Waals surface area contributed by atoms with Crippen LogP contribution in [0.1, 0.15) is 39.5 Å². The number of nitrogens with zero attached hydrogens (tertiary/aromatic N) is 3. The number of ether oxygens (including phenoxy) is 1. The Morgan fingerprint density at radius 1 is 0.960 bits per heavy atom. The topological polar surface area (TPSA) is 36.0 Å². The van der Waals surface area contributed by atoms with Gasteiger partial charge in [-0.3, -0.25) is 9.69 Å². The number of likely N-dealkylation sites (tertiary alicyclic amines) is 2. The van der Waals surface area contributed by atoms with Crippen molar-refractivity contribution < 1.29 is 9.53 Å². The number of rotatable bonds is 4. The average Bonchev–Trinajstić information content (AvgIpc) is 3.23. The smallest absolute Gasteiger partial charge is 0.226 e. The molecule has 4 rings (SSSR count). The van der Waals surface area contributed by atoms with E-state index in [1.807, 2.05) is 0 Å². The second-order valence-corrected chi connectivity index (χ2v) is 9.20. The van der Waals surface area contributed by atoms with E-state index in [0.29, 0.717) is 23.7 Å². The second-order valence-electron chi connectivity index (χ2n) is 9.20. The van der Waals surface area contributed by atoms with Gasteiger partial charge in [0.2, 0.25) is 5.91 Å². The first-order chi connectivity index (χ1) is 12.1. The molecule has 0 aromatic carbocycles. The molecule has 1 amide bonds. The average molecular weight is 350 g/mol. The minimum absolute atomic E-state index is 0.199. The van der Waals surface area contributed by atoms with Crippen molar-refractivity contribution in [1.29, 1.82) is 0 Å². The van der Waals surface area contributed by atoms with Crippen molar-refractivity contribution >= 4 is 5.91 Å². The van der Waals surface area contributed by atoms with Crippen LogP contribution >= 0.6 is 0 Å². The molecule has 25 heavy (non-hydrogen) atoms. The van der Waals surface area contributed by atoms with Crippen molar-refractivity contribution in [3.8, 4) is 0 Å². The van der Waals surface area contributed by atoms with E-state index < -0.39 is 0 Å². The summed E-state index contributed by atoms with van der Waals surface area (Å²) in [6, 6.07) is 0. The Labute approximate surface area is 152 Å². The highest BCUT2D eigenvalue weighted by Crippen LogP contribution is 2.53. The van der Waals surface area contributed by atoms with Crippen LogP contribution in [0.2, 0.25) is 0 Å². The van der Waals surface area contributed by atoms with Crippen LogP contribution in [-0.2, 0) is 9.53 Å². The zero-order valence-corrected chi connectivity index (χ0v) is 16.1. The molecule has 1 unspecified atom stereocenters. The van der Waals surface area contributed by atoms with E-state index in [4.69, 9.17) is 4.74 Å². The molecule has 0 radical (unpaired) electrons. The largest absolute Gasteiger partial charge is 0.379 e. The van der Waals surface area contributed by atoms with Gasteiger partial charge in [-0.2, -0.15) is 0 Å². The first kappa shape index (κ1) is 17.7. The number of amides is 1. The van der Waals surface area contributed by atoms with Crippen molar-refractivity contribution in [2.75, 3.05) is 59.0 Å². The molecule has 3 heterocycles. The molecule has 3 atom stereocenters. The van der Waals surface area contributed by atoms with Crippen molar-refractivity contribution in [1.82, 2.24) is 14.7 Å². The Bertz CT molecular complexity index is 469. The van der Waals surface area contributed by atoms with Crippen molar-refractivity contribution in [2.24, 2.45) is 17.8 Å². The monoisotopic (exact) mass is 349 g/mol. The lowest BCUT2D eigenvalue weighted by Crippen LogP contribution is -2.55. The molecule has 142 valence electrons. The van der Waals surface area contributed by atoms with Gasteiger partial charge in [-0.25, -0.2) is 0 Å². The Hall–Kier alpha value is -0.650. The summed E-state index contributed by atoms with van der Waals surface area (Å²) >= 11 is 0. The molecule has 3 saturated heterocycles. The van der Waals surface area contributed by atoms with E-state index in [1.165, 1.54) is 25.7 Å². The third kappa shape index (κ3) is 3.74. The van der Waals surface area contributed by atoms with Crippen LogP contribution in [0, 0.1) is 17.8 Å². The van der Waals surface area contributed by atoms with Crippen LogP contribution in [-0.4, -0.2) is 85.2 Å². The quantitative estimate of drug-likeness (QED) is 0.774. The fourth-order valence-electron chi connectivity index (χ4n) is 5.43. The predicted octanol–water partition coefficient (Wildman–Crippen LogP) is 1.68. The van der Waals surface area contributed by atoms with Crippen LogP contribution in [0.5, 0.6) is 0 Å². The Morgan fingerprint density at radius 2 is 1.56 bits per heavy atom. The first-order valence-electron chi connectivity index (χ1n) is 10.4. The number of carbonyl (C=O) groups is 1. The number of hydrogen-bond donors (Lipinski definition) is 0. The molecule has 5 nitrogen and oxygen atoms in total. The van der Waals surface area contributed by atoms with Gasteiger partial charge >= 0.3 is 0 Å². The lowest BCUT2D eigenvalue weighted by Gasteiger charge is -2.43. The van der Waals surface area contributed by atoms with Gasteiger partial charge in [0, 0.05) is 57.3 Å². The second kappa shape index (κ2) is 7.16. The molecule has 5 heteroatoms. The lowest BCUT2D eigenvalue weighted by atomic mass is 10.0. The summed E-state index contributed by atoms with van der Waals surface area (Å²) in [5, 5.41) is 0. The Kier molecular flexibility index (Phi) is 5.09. The number of piperidine rings is 1. The number of morpholine rings is 1. The summed E-state index contributed by atoms with van der Waals surface area (Å²) in [6.45, 7) is 13.9. The maximum atomic E-state index is 12.9. The van der Waals surface area contributed by atoms with Crippen LogP contribution in [0.25, 0.3) is 0 Å². The van der Waals surface area contributed by atoms with Gasteiger partial charge in [-0.05, 0) is 38.5 Å². The van der Waals surface area contributed by atoms with E-state index in [9.17, 15) is 4.79 Å². The summed E-state index contributed by atoms with van der Waals surface area (Å²) in [4.78, 5) is 20.2. The zero-order chi connectivity index (χ0) is 17.4. The molecule has 3 aliphatic heterocycles. The minimum atomic E-state index is 0.199. The summed E-state index contributed by atoms with van der Waals surface area (Å²) < 4.78 is 5.50. The van der Waals surface area contributed by atoms with Crippen LogP contribution < -0.4 is 0 Å². The van der Waals surface area contributed by atoms with Crippen molar-refractivity contribution in [3.63, 3.8) is 0 Å². The van der Waals surface area contributed by atoms with Crippen LogP contribution in [0.3, 0.4) is 0 Å². The van der Waals surface area contributed by atoms with Crippen molar-refractivity contribution in [2.45, 2.75) is 45.1 Å². The maximum Gasteiger partial charge on any atom is 0.226 e. The Balaban J connectivity index is 1.26. The molecular formula is C20H35N3O2. The van der Waals surface area contributed by atoms with E-state index in [1.54, 1.807) is 0 Å². The van der Waals surface area contributed by atoms with E-state index in [0.717, 1.165) is 59.0 Å². The molecule has 0 bridgehead atoms. The molecule has 0 N–H and O–H groups in total. The molecule has 4 fully saturated rings. The first-order valence-corrected chi connectivity index (χ1v) is 10.4. The standard InChI is InChI=1S/C20H35N3O2/c1-20(2,23-9-11-25-12-10-23)15-21-13-16-17(14-21)18(16)19(24)22-7-5-3-4-6-8-22/h16-18H,3-15H2,1-2H3/t16-,17+,18?. The predicted molar refractivity (Wildman–Crippen MR) is 98.4 cm³/mol. The molecule has 0 spiro atoms. The van der Waals surface area contributed by atoms with Gasteiger partial charge in [-0.15, -0.1) is 0 Å². The molecule has 4 aliphatic rings. The molecule has 1 saturated carbocycles. The van der Waals surface area contributed by atoms with Crippen LogP contribution in [0.4, 0.5) is 0 Å². The zero-order valence-electron chi connectivity index (χ0n) is 16.1. The highest BCUT2D eigenvalue weighted by molar-refractivity contribution is 5.82. The SMILES string of the molecule is CC(C)(CN1C[C@@H]2C(C(=O)N3CCCCCC3)[C@@H]2C1)N1CCOCC1. The summed E-state index contributed by atoms with van der Waals surface area (Å²) in [5.74, 6) is 2.09. The third-order valence-electron chi connectivity index (χ3n) is 6.95. The van der Waals surface area contributed by atoms with Gasteiger partial charge in [0.25, 0.3) is 0 Å². The fraction of sp³-hybridized carbons (Fsp3) is 0.950. The maximum absolute atomic E-state index is 12.9. The van der Waals surface area contributed by atoms with E-state index in [2.05, 4.69) is 28.5 Å². The summed E-state index contributed by atoms with van der Waals surface area (Å²) in [5.41, 5.74) is 0.199.